The summed E-state index contributed by atoms with van der Waals surface area (Å²) in [6, 6.07) is 7.71. The standard InChI is InChI=1S/C21H27N3O3/c25-20(12-16-5-3-4-10-27-16)24-19(21(26)23-15-8-9-15)11-14-13-22-18-7-2-1-6-17(14)18/h1-2,6-7,13,15-16,19,22H,3-5,8-12H2,(H,23,26)(H,24,25). The van der Waals surface area contributed by atoms with Gasteiger partial charge in [-0.3, -0.25) is 9.59 Å². The zero-order valence-corrected chi connectivity index (χ0v) is 15.5. The molecule has 0 bridgehead atoms. The lowest BCUT2D eigenvalue weighted by Crippen LogP contribution is -2.49. The minimum absolute atomic E-state index is 0.0287. The van der Waals surface area contributed by atoms with Crippen molar-refractivity contribution in [1.82, 2.24) is 15.6 Å². The Morgan fingerprint density at radius 2 is 2.04 bits per heavy atom. The van der Waals surface area contributed by atoms with Crippen LogP contribution >= 0.6 is 0 Å². The first-order chi connectivity index (χ1) is 13.2. The SMILES string of the molecule is O=C(CC1CCCCO1)NC(Cc1c[nH]c2ccccc12)C(=O)NC1CC1. The molecule has 2 fully saturated rings. The van der Waals surface area contributed by atoms with Crippen molar-refractivity contribution in [3.8, 4) is 0 Å². The number of hydrogen-bond donors (Lipinski definition) is 3. The number of nitrogens with one attached hydrogen (secondary N) is 3. The first-order valence-corrected chi connectivity index (χ1v) is 9.95. The van der Waals surface area contributed by atoms with Crippen molar-refractivity contribution < 1.29 is 14.3 Å². The molecule has 2 unspecified atom stereocenters. The van der Waals surface area contributed by atoms with E-state index in [1.807, 2.05) is 30.5 Å². The molecule has 2 heterocycles. The Kier molecular flexibility index (Phi) is 5.43. The first-order valence-electron chi connectivity index (χ1n) is 9.95. The monoisotopic (exact) mass is 369 g/mol. The number of carbonyl (C=O) groups is 2. The van der Waals surface area contributed by atoms with Crippen LogP contribution in [0.3, 0.4) is 0 Å². The first kappa shape index (κ1) is 18.0. The number of hydrogen-bond acceptors (Lipinski definition) is 3. The van der Waals surface area contributed by atoms with E-state index in [2.05, 4.69) is 15.6 Å². The number of carbonyl (C=O) groups excluding carboxylic acids is 2. The third-order valence-corrected chi connectivity index (χ3v) is 5.36. The molecule has 2 aromatic rings. The Morgan fingerprint density at radius 1 is 1.19 bits per heavy atom. The van der Waals surface area contributed by atoms with Gasteiger partial charge in [-0.25, -0.2) is 0 Å². The van der Waals surface area contributed by atoms with Crippen molar-refractivity contribution in [3.05, 3.63) is 36.0 Å². The maximum absolute atomic E-state index is 12.7. The summed E-state index contributed by atoms with van der Waals surface area (Å²) in [7, 11) is 0. The van der Waals surface area contributed by atoms with Crippen LogP contribution in [0.15, 0.2) is 30.5 Å². The quantitative estimate of drug-likeness (QED) is 0.701. The predicted molar refractivity (Wildman–Crippen MR) is 103 cm³/mol. The van der Waals surface area contributed by atoms with E-state index < -0.39 is 6.04 Å². The van der Waals surface area contributed by atoms with Gasteiger partial charge in [0.05, 0.1) is 12.5 Å². The van der Waals surface area contributed by atoms with Crippen LogP contribution < -0.4 is 10.6 Å². The minimum atomic E-state index is -0.569. The fourth-order valence-corrected chi connectivity index (χ4v) is 3.69. The van der Waals surface area contributed by atoms with Crippen LogP contribution in [0.1, 0.15) is 44.1 Å². The molecule has 1 saturated heterocycles. The van der Waals surface area contributed by atoms with Gasteiger partial charge in [0.2, 0.25) is 11.8 Å². The number of fused-ring (bicyclic) bond motifs is 1. The van der Waals surface area contributed by atoms with Crippen LogP contribution in [0.4, 0.5) is 0 Å². The summed E-state index contributed by atoms with van der Waals surface area (Å²) in [5.74, 6) is -0.210. The zero-order valence-electron chi connectivity index (χ0n) is 15.5. The summed E-state index contributed by atoms with van der Waals surface area (Å²) in [4.78, 5) is 28.5. The van der Waals surface area contributed by atoms with E-state index in [-0.39, 0.29) is 24.0 Å². The van der Waals surface area contributed by atoms with Crippen molar-refractivity contribution in [1.29, 1.82) is 0 Å². The van der Waals surface area contributed by atoms with Gasteiger partial charge >= 0.3 is 0 Å². The molecule has 1 aliphatic heterocycles. The summed E-state index contributed by atoms with van der Waals surface area (Å²) >= 11 is 0. The molecule has 3 N–H and O–H groups in total. The highest BCUT2D eigenvalue weighted by atomic mass is 16.5. The molecule has 1 aromatic heterocycles. The van der Waals surface area contributed by atoms with Gasteiger partial charge in [0, 0.05) is 36.2 Å². The largest absolute Gasteiger partial charge is 0.378 e. The Balaban J connectivity index is 1.44. The van der Waals surface area contributed by atoms with Gasteiger partial charge in [-0.1, -0.05) is 18.2 Å². The Labute approximate surface area is 159 Å². The molecule has 1 aromatic carbocycles. The van der Waals surface area contributed by atoms with Gasteiger partial charge in [-0.05, 0) is 43.7 Å². The van der Waals surface area contributed by atoms with E-state index in [4.69, 9.17) is 4.74 Å². The fraction of sp³-hybridized carbons (Fsp3) is 0.524. The van der Waals surface area contributed by atoms with Gasteiger partial charge in [0.15, 0.2) is 0 Å². The lowest BCUT2D eigenvalue weighted by molar-refractivity contribution is -0.131. The van der Waals surface area contributed by atoms with E-state index in [0.29, 0.717) is 12.8 Å². The van der Waals surface area contributed by atoms with Crippen LogP contribution in [-0.4, -0.2) is 41.6 Å². The molecule has 6 nitrogen and oxygen atoms in total. The minimum Gasteiger partial charge on any atom is -0.378 e. The van der Waals surface area contributed by atoms with Gasteiger partial charge in [0.25, 0.3) is 0 Å². The van der Waals surface area contributed by atoms with Gasteiger partial charge in [-0.2, -0.15) is 0 Å². The lowest BCUT2D eigenvalue weighted by Gasteiger charge is -2.24. The molecular formula is C21H27N3O3. The third kappa shape index (κ3) is 4.69. The highest BCUT2D eigenvalue weighted by molar-refractivity contribution is 5.90. The Hall–Kier alpha value is -2.34. The van der Waals surface area contributed by atoms with Gasteiger partial charge in [-0.15, -0.1) is 0 Å². The normalized spacial score (nSPS) is 21.0. The number of benzene rings is 1. The number of rotatable bonds is 7. The van der Waals surface area contributed by atoms with Crippen molar-refractivity contribution in [3.63, 3.8) is 0 Å². The smallest absolute Gasteiger partial charge is 0.243 e. The number of H-pyrrole nitrogens is 1. The molecule has 144 valence electrons. The molecular weight excluding hydrogens is 342 g/mol. The van der Waals surface area contributed by atoms with E-state index >= 15 is 0 Å². The van der Waals surface area contributed by atoms with Crippen LogP contribution in [0, 0.1) is 0 Å². The molecule has 0 spiro atoms. The summed E-state index contributed by atoms with van der Waals surface area (Å²) < 4.78 is 5.66. The van der Waals surface area contributed by atoms with Gasteiger partial charge in [0.1, 0.15) is 6.04 Å². The number of aromatic nitrogens is 1. The average molecular weight is 369 g/mol. The number of para-hydroxylation sites is 1. The lowest BCUT2D eigenvalue weighted by atomic mass is 10.0. The second-order valence-corrected chi connectivity index (χ2v) is 7.66. The zero-order chi connectivity index (χ0) is 18.6. The maximum atomic E-state index is 12.7. The van der Waals surface area contributed by atoms with Crippen molar-refractivity contribution in [2.75, 3.05) is 6.61 Å². The number of amides is 2. The van der Waals surface area contributed by atoms with Crippen LogP contribution in [0.25, 0.3) is 10.9 Å². The summed E-state index contributed by atoms with van der Waals surface area (Å²) in [6.07, 6.45) is 7.81. The average Bonchev–Trinajstić information content (AvgIpc) is 3.40. The Morgan fingerprint density at radius 3 is 2.81 bits per heavy atom. The third-order valence-electron chi connectivity index (χ3n) is 5.36. The molecule has 2 atom stereocenters. The molecule has 1 aliphatic carbocycles. The van der Waals surface area contributed by atoms with Gasteiger partial charge < -0.3 is 20.4 Å². The van der Waals surface area contributed by atoms with Crippen LogP contribution in [0.2, 0.25) is 0 Å². The van der Waals surface area contributed by atoms with Crippen molar-refractivity contribution >= 4 is 22.7 Å². The number of ether oxygens (including phenoxy) is 1. The molecule has 27 heavy (non-hydrogen) atoms. The van der Waals surface area contributed by atoms with E-state index in [1.165, 1.54) is 0 Å². The Bertz CT molecular complexity index is 806. The van der Waals surface area contributed by atoms with E-state index in [9.17, 15) is 9.59 Å². The highest BCUT2D eigenvalue weighted by Gasteiger charge is 2.29. The maximum Gasteiger partial charge on any atom is 0.243 e. The topological polar surface area (TPSA) is 83.2 Å². The molecule has 6 heteroatoms. The fourth-order valence-electron chi connectivity index (χ4n) is 3.69. The molecule has 4 rings (SSSR count). The summed E-state index contributed by atoms with van der Waals surface area (Å²) in [6.45, 7) is 0.721. The summed E-state index contributed by atoms with van der Waals surface area (Å²) in [5, 5.41) is 7.07. The molecule has 0 radical (unpaired) electrons. The highest BCUT2D eigenvalue weighted by Crippen LogP contribution is 2.22. The second-order valence-electron chi connectivity index (χ2n) is 7.66. The molecule has 2 amide bonds. The molecule has 1 saturated carbocycles. The predicted octanol–water partition coefficient (Wildman–Crippen LogP) is 2.43. The van der Waals surface area contributed by atoms with Crippen molar-refractivity contribution in [2.24, 2.45) is 0 Å². The van der Waals surface area contributed by atoms with E-state index in [0.717, 1.165) is 55.2 Å². The summed E-state index contributed by atoms with van der Waals surface area (Å²) in [5.41, 5.74) is 2.08. The van der Waals surface area contributed by atoms with Crippen LogP contribution in [-0.2, 0) is 20.7 Å². The van der Waals surface area contributed by atoms with Crippen molar-refractivity contribution in [2.45, 2.75) is 63.1 Å². The molecule has 2 aliphatic rings. The number of aromatic amines is 1. The van der Waals surface area contributed by atoms with Crippen LogP contribution in [0.5, 0.6) is 0 Å². The van der Waals surface area contributed by atoms with E-state index in [1.54, 1.807) is 0 Å². The second kappa shape index (κ2) is 8.13.